The Morgan fingerprint density at radius 3 is 3.29 bits per heavy atom. The highest BCUT2D eigenvalue weighted by Crippen LogP contribution is 2.15. The van der Waals surface area contributed by atoms with Crippen LogP contribution in [0.5, 0.6) is 0 Å². The smallest absolute Gasteiger partial charge is 0.0506 e. The lowest BCUT2D eigenvalue weighted by Gasteiger charge is -2.29. The van der Waals surface area contributed by atoms with Crippen LogP contribution in [0.25, 0.3) is 0 Å². The van der Waals surface area contributed by atoms with Crippen LogP contribution in [0.1, 0.15) is 18.2 Å². The molecular weight excluding hydrogens is 194 g/mol. The van der Waals surface area contributed by atoms with E-state index in [4.69, 9.17) is 4.74 Å². The van der Waals surface area contributed by atoms with E-state index in [1.165, 1.54) is 4.88 Å². The molecule has 3 heteroatoms. The number of thiophene rings is 1. The summed E-state index contributed by atoms with van der Waals surface area (Å²) >= 11 is 1.82. The fourth-order valence-electron chi connectivity index (χ4n) is 1.83. The summed E-state index contributed by atoms with van der Waals surface area (Å²) in [5, 5.41) is 5.73. The zero-order valence-corrected chi connectivity index (χ0v) is 9.35. The molecule has 2 rings (SSSR count). The minimum absolute atomic E-state index is 0.630. The van der Waals surface area contributed by atoms with Gasteiger partial charge in [0.2, 0.25) is 0 Å². The van der Waals surface area contributed by atoms with E-state index in [1.54, 1.807) is 0 Å². The molecule has 1 aromatic heterocycles. The molecule has 0 aromatic carbocycles. The minimum Gasteiger partial charge on any atom is -0.381 e. The van der Waals surface area contributed by atoms with Gasteiger partial charge in [0, 0.05) is 24.1 Å². The van der Waals surface area contributed by atoms with Crippen LogP contribution in [0.4, 0.5) is 0 Å². The summed E-state index contributed by atoms with van der Waals surface area (Å²) in [6, 6.07) is 4.92. The molecule has 1 saturated heterocycles. The highest BCUT2D eigenvalue weighted by molar-refractivity contribution is 7.09. The number of rotatable bonds is 3. The Morgan fingerprint density at radius 2 is 2.57 bits per heavy atom. The molecule has 0 bridgehead atoms. The second-order valence-electron chi connectivity index (χ2n) is 3.91. The number of nitrogens with one attached hydrogen (secondary N) is 1. The molecule has 0 spiro atoms. The molecule has 1 fully saturated rings. The quantitative estimate of drug-likeness (QED) is 0.828. The van der Waals surface area contributed by atoms with Crippen molar-refractivity contribution in [1.82, 2.24) is 5.32 Å². The first kappa shape index (κ1) is 10.1. The van der Waals surface area contributed by atoms with Gasteiger partial charge in [-0.15, -0.1) is 11.3 Å². The minimum atomic E-state index is 0.630. The van der Waals surface area contributed by atoms with E-state index >= 15 is 0 Å². The van der Waals surface area contributed by atoms with E-state index in [9.17, 15) is 0 Å². The van der Waals surface area contributed by atoms with Gasteiger partial charge in [0.15, 0.2) is 0 Å². The lowest BCUT2D eigenvalue weighted by Crippen LogP contribution is -2.40. The largest absolute Gasteiger partial charge is 0.381 e. The van der Waals surface area contributed by atoms with Crippen LogP contribution >= 0.6 is 11.3 Å². The molecule has 78 valence electrons. The first-order valence-corrected chi connectivity index (χ1v) is 6.08. The van der Waals surface area contributed by atoms with Gasteiger partial charge in [0.1, 0.15) is 0 Å². The molecule has 14 heavy (non-hydrogen) atoms. The van der Waals surface area contributed by atoms with E-state index in [1.807, 2.05) is 11.3 Å². The van der Waals surface area contributed by atoms with Crippen molar-refractivity contribution in [3.05, 3.63) is 22.4 Å². The lowest BCUT2D eigenvalue weighted by molar-refractivity contribution is 0.0387. The van der Waals surface area contributed by atoms with Gasteiger partial charge in [-0.05, 0) is 23.8 Å². The summed E-state index contributed by atoms with van der Waals surface area (Å²) in [5.41, 5.74) is 0. The van der Waals surface area contributed by atoms with Gasteiger partial charge in [-0.1, -0.05) is 13.0 Å². The Balaban J connectivity index is 1.79. The maximum atomic E-state index is 5.41. The number of hydrogen-bond donors (Lipinski definition) is 1. The van der Waals surface area contributed by atoms with E-state index < -0.39 is 0 Å². The zero-order valence-electron chi connectivity index (χ0n) is 8.53. The summed E-state index contributed by atoms with van der Waals surface area (Å²) in [6.07, 6.45) is 1.15. The van der Waals surface area contributed by atoms with E-state index in [-0.39, 0.29) is 0 Å². The molecule has 1 aliphatic rings. The van der Waals surface area contributed by atoms with Gasteiger partial charge >= 0.3 is 0 Å². The van der Waals surface area contributed by atoms with Crippen LogP contribution in [0, 0.1) is 5.92 Å². The molecule has 0 radical (unpaired) electrons. The van der Waals surface area contributed by atoms with Crippen LogP contribution in [0.2, 0.25) is 0 Å². The third-order valence-electron chi connectivity index (χ3n) is 2.76. The first-order valence-electron chi connectivity index (χ1n) is 5.20. The molecular formula is C11H17NOS. The normalized spacial score (nSPS) is 27.8. The van der Waals surface area contributed by atoms with Gasteiger partial charge in [-0.25, -0.2) is 0 Å². The van der Waals surface area contributed by atoms with Crippen molar-refractivity contribution in [2.45, 2.75) is 25.9 Å². The first-order chi connectivity index (χ1) is 6.86. The maximum Gasteiger partial charge on any atom is 0.0506 e. The van der Waals surface area contributed by atoms with Crippen molar-refractivity contribution in [1.29, 1.82) is 0 Å². The van der Waals surface area contributed by atoms with Gasteiger partial charge in [0.25, 0.3) is 0 Å². The van der Waals surface area contributed by atoms with Crippen LogP contribution in [-0.2, 0) is 11.3 Å². The predicted molar refractivity (Wildman–Crippen MR) is 59.5 cm³/mol. The topological polar surface area (TPSA) is 21.3 Å². The zero-order chi connectivity index (χ0) is 9.80. The van der Waals surface area contributed by atoms with Gasteiger partial charge in [0.05, 0.1) is 6.61 Å². The fourth-order valence-corrected chi connectivity index (χ4v) is 2.48. The van der Waals surface area contributed by atoms with Gasteiger partial charge < -0.3 is 10.1 Å². The Labute approximate surface area is 89.3 Å². The van der Waals surface area contributed by atoms with Crippen LogP contribution in [-0.4, -0.2) is 19.3 Å². The third-order valence-corrected chi connectivity index (χ3v) is 3.64. The molecule has 0 amide bonds. The molecule has 0 aliphatic carbocycles. The molecule has 2 heterocycles. The van der Waals surface area contributed by atoms with Crippen molar-refractivity contribution in [3.63, 3.8) is 0 Å². The Hall–Kier alpha value is -0.380. The molecule has 0 saturated carbocycles. The highest BCUT2D eigenvalue weighted by atomic mass is 32.1. The van der Waals surface area contributed by atoms with Gasteiger partial charge in [-0.2, -0.15) is 0 Å². The Bertz CT molecular complexity index is 260. The van der Waals surface area contributed by atoms with Gasteiger partial charge in [-0.3, -0.25) is 0 Å². The average molecular weight is 211 g/mol. The second kappa shape index (κ2) is 4.91. The maximum absolute atomic E-state index is 5.41. The third kappa shape index (κ3) is 2.56. The molecule has 2 nitrogen and oxygen atoms in total. The molecule has 2 atom stereocenters. The average Bonchev–Trinajstić information content (AvgIpc) is 2.69. The van der Waals surface area contributed by atoms with E-state index in [0.29, 0.717) is 12.0 Å². The van der Waals surface area contributed by atoms with Crippen LogP contribution < -0.4 is 5.32 Å². The van der Waals surface area contributed by atoms with Crippen molar-refractivity contribution in [2.24, 2.45) is 5.92 Å². The summed E-state index contributed by atoms with van der Waals surface area (Å²) in [7, 11) is 0. The summed E-state index contributed by atoms with van der Waals surface area (Å²) in [4.78, 5) is 1.42. The number of hydrogen-bond acceptors (Lipinski definition) is 3. The Kier molecular flexibility index (Phi) is 3.56. The summed E-state index contributed by atoms with van der Waals surface area (Å²) in [5.74, 6) is 0.642. The summed E-state index contributed by atoms with van der Waals surface area (Å²) < 4.78 is 5.41. The monoisotopic (exact) mass is 211 g/mol. The van der Waals surface area contributed by atoms with Crippen LogP contribution in [0.3, 0.4) is 0 Å². The highest BCUT2D eigenvalue weighted by Gasteiger charge is 2.20. The molecule has 2 unspecified atom stereocenters. The van der Waals surface area contributed by atoms with Crippen molar-refractivity contribution in [2.75, 3.05) is 13.2 Å². The van der Waals surface area contributed by atoms with E-state index in [0.717, 1.165) is 26.2 Å². The second-order valence-corrected chi connectivity index (χ2v) is 4.94. The van der Waals surface area contributed by atoms with Crippen molar-refractivity contribution < 1.29 is 4.74 Å². The standard InChI is InChI=1S/C11H17NOS/c1-9-8-13-5-4-11(9)12-7-10-3-2-6-14-10/h2-3,6,9,11-12H,4-5,7-8H2,1H3. The predicted octanol–water partition coefficient (Wildman–Crippen LogP) is 2.26. The number of ether oxygens (including phenoxy) is 1. The SMILES string of the molecule is CC1COCCC1NCc1cccs1. The van der Waals surface area contributed by atoms with Crippen LogP contribution in [0.15, 0.2) is 17.5 Å². The summed E-state index contributed by atoms with van der Waals surface area (Å²) in [6.45, 7) is 5.08. The van der Waals surface area contributed by atoms with Crippen molar-refractivity contribution >= 4 is 11.3 Å². The lowest BCUT2D eigenvalue weighted by atomic mass is 9.98. The van der Waals surface area contributed by atoms with E-state index in [2.05, 4.69) is 29.8 Å². The van der Waals surface area contributed by atoms with Crippen molar-refractivity contribution in [3.8, 4) is 0 Å². The molecule has 1 aromatic rings. The Morgan fingerprint density at radius 1 is 1.64 bits per heavy atom. The molecule has 1 N–H and O–H groups in total. The fraction of sp³-hybridized carbons (Fsp3) is 0.636. The molecule has 1 aliphatic heterocycles.